The summed E-state index contributed by atoms with van der Waals surface area (Å²) in [5.74, 6) is -1.68. The maximum atomic E-state index is 12.8. The zero-order valence-corrected chi connectivity index (χ0v) is 7.00. The van der Waals surface area contributed by atoms with Crippen molar-refractivity contribution in [3.8, 4) is 0 Å². The van der Waals surface area contributed by atoms with Crippen molar-refractivity contribution >= 4 is 0 Å². The lowest BCUT2D eigenvalue weighted by Crippen LogP contribution is -2.28. The van der Waals surface area contributed by atoms with Crippen LogP contribution in [0.5, 0.6) is 0 Å². The van der Waals surface area contributed by atoms with Crippen LogP contribution in [0.3, 0.4) is 0 Å². The fourth-order valence-corrected chi connectivity index (χ4v) is 1.61. The molecule has 0 saturated heterocycles. The molecule has 1 aliphatic rings. The number of hydrogen-bond donors (Lipinski definition) is 1. The second-order valence-corrected chi connectivity index (χ2v) is 3.42. The summed E-state index contributed by atoms with van der Waals surface area (Å²) in [6, 6.07) is 3.81. The fraction of sp³-hybridized carbons (Fsp3) is 0.400. The lowest BCUT2D eigenvalue weighted by atomic mass is 9.77. The molecule has 0 aromatic heterocycles. The molecule has 1 fully saturated rings. The third-order valence-electron chi connectivity index (χ3n) is 2.61. The zero-order chi connectivity index (χ0) is 9.42. The first-order valence-electron chi connectivity index (χ1n) is 4.31. The van der Waals surface area contributed by atoms with Crippen molar-refractivity contribution in [2.75, 3.05) is 0 Å². The van der Waals surface area contributed by atoms with Crippen LogP contribution < -0.4 is 0 Å². The highest BCUT2D eigenvalue weighted by atomic mass is 19.2. The molecule has 0 bridgehead atoms. The maximum absolute atomic E-state index is 12.8. The van der Waals surface area contributed by atoms with Gasteiger partial charge in [-0.1, -0.05) is 6.07 Å². The summed E-state index contributed by atoms with van der Waals surface area (Å²) in [4.78, 5) is 0. The van der Waals surface area contributed by atoms with E-state index < -0.39 is 11.6 Å². The summed E-state index contributed by atoms with van der Waals surface area (Å²) in [6.45, 7) is 0. The average Bonchev–Trinajstić information content (AvgIpc) is 2.09. The molecule has 0 aliphatic heterocycles. The molecule has 1 aromatic carbocycles. The molecule has 2 unspecified atom stereocenters. The molecule has 1 saturated carbocycles. The maximum Gasteiger partial charge on any atom is 0.159 e. The van der Waals surface area contributed by atoms with E-state index in [-0.39, 0.29) is 12.0 Å². The van der Waals surface area contributed by atoms with Crippen LogP contribution in [0.4, 0.5) is 8.78 Å². The van der Waals surface area contributed by atoms with Crippen molar-refractivity contribution in [3.63, 3.8) is 0 Å². The number of aliphatic hydroxyl groups excluding tert-OH is 1. The quantitative estimate of drug-likeness (QED) is 0.709. The Morgan fingerprint density at radius 1 is 1.15 bits per heavy atom. The van der Waals surface area contributed by atoms with Gasteiger partial charge in [-0.15, -0.1) is 0 Å². The van der Waals surface area contributed by atoms with E-state index in [9.17, 15) is 13.9 Å². The molecular formula is C10H10F2O. The van der Waals surface area contributed by atoms with Gasteiger partial charge in [0.15, 0.2) is 11.6 Å². The Bertz CT molecular complexity index is 325. The number of hydrogen-bond acceptors (Lipinski definition) is 1. The SMILES string of the molecule is OC1CCC1c1ccc(F)c(F)c1. The van der Waals surface area contributed by atoms with E-state index in [2.05, 4.69) is 0 Å². The Morgan fingerprint density at radius 2 is 1.92 bits per heavy atom. The van der Waals surface area contributed by atoms with Gasteiger partial charge >= 0.3 is 0 Å². The van der Waals surface area contributed by atoms with E-state index in [4.69, 9.17) is 0 Å². The molecule has 1 aromatic rings. The molecule has 0 amide bonds. The van der Waals surface area contributed by atoms with Gasteiger partial charge in [-0.05, 0) is 30.5 Å². The summed E-state index contributed by atoms with van der Waals surface area (Å²) in [5, 5.41) is 9.31. The van der Waals surface area contributed by atoms with Crippen LogP contribution in [0.2, 0.25) is 0 Å². The van der Waals surface area contributed by atoms with E-state index >= 15 is 0 Å². The van der Waals surface area contributed by atoms with Crippen LogP contribution in [0.25, 0.3) is 0 Å². The minimum atomic E-state index is -0.836. The van der Waals surface area contributed by atoms with E-state index in [1.807, 2.05) is 0 Å². The predicted molar refractivity (Wildman–Crippen MR) is 44.3 cm³/mol. The number of aliphatic hydroxyl groups is 1. The van der Waals surface area contributed by atoms with Crippen molar-refractivity contribution < 1.29 is 13.9 Å². The van der Waals surface area contributed by atoms with Crippen molar-refractivity contribution in [2.45, 2.75) is 24.9 Å². The first-order valence-corrected chi connectivity index (χ1v) is 4.31. The molecule has 0 spiro atoms. The summed E-state index contributed by atoms with van der Waals surface area (Å²) in [5.41, 5.74) is 0.692. The van der Waals surface area contributed by atoms with Crippen LogP contribution in [-0.4, -0.2) is 11.2 Å². The Balaban J connectivity index is 2.26. The molecule has 1 N–H and O–H groups in total. The fourth-order valence-electron chi connectivity index (χ4n) is 1.61. The Labute approximate surface area is 75.0 Å². The van der Waals surface area contributed by atoms with Gasteiger partial charge in [0.2, 0.25) is 0 Å². The number of benzene rings is 1. The highest BCUT2D eigenvalue weighted by Gasteiger charge is 2.30. The van der Waals surface area contributed by atoms with Gasteiger partial charge in [0, 0.05) is 5.92 Å². The summed E-state index contributed by atoms with van der Waals surface area (Å²) >= 11 is 0. The molecule has 70 valence electrons. The molecule has 2 rings (SSSR count). The zero-order valence-electron chi connectivity index (χ0n) is 7.00. The Hall–Kier alpha value is -0.960. The molecule has 1 aliphatic carbocycles. The first-order chi connectivity index (χ1) is 6.18. The molecular weight excluding hydrogens is 174 g/mol. The first kappa shape index (κ1) is 8.63. The standard InChI is InChI=1S/C10H10F2O/c11-8-3-1-6(5-9(8)12)7-2-4-10(7)13/h1,3,5,7,10,13H,2,4H2. The highest BCUT2D eigenvalue weighted by molar-refractivity contribution is 5.24. The summed E-state index contributed by atoms with van der Waals surface area (Å²) in [7, 11) is 0. The Kier molecular flexibility index (Phi) is 2.04. The smallest absolute Gasteiger partial charge is 0.159 e. The number of rotatable bonds is 1. The predicted octanol–water partition coefficient (Wildman–Crippen LogP) is 2.20. The second kappa shape index (κ2) is 3.07. The molecule has 13 heavy (non-hydrogen) atoms. The van der Waals surface area contributed by atoms with E-state index in [1.54, 1.807) is 0 Å². The highest BCUT2D eigenvalue weighted by Crippen LogP contribution is 2.37. The lowest BCUT2D eigenvalue weighted by molar-refractivity contribution is 0.0659. The number of halogens is 2. The van der Waals surface area contributed by atoms with Crippen molar-refractivity contribution in [1.82, 2.24) is 0 Å². The van der Waals surface area contributed by atoms with Crippen LogP contribution in [0.15, 0.2) is 18.2 Å². The van der Waals surface area contributed by atoms with Crippen molar-refractivity contribution in [2.24, 2.45) is 0 Å². The van der Waals surface area contributed by atoms with Gasteiger partial charge in [-0.3, -0.25) is 0 Å². The van der Waals surface area contributed by atoms with Crippen LogP contribution in [0, 0.1) is 11.6 Å². The minimum absolute atomic E-state index is 0.00454. The summed E-state index contributed by atoms with van der Waals surface area (Å²) in [6.07, 6.45) is 1.22. The normalized spacial score (nSPS) is 27.0. The lowest BCUT2D eigenvalue weighted by Gasteiger charge is -2.32. The molecule has 0 radical (unpaired) electrons. The monoisotopic (exact) mass is 184 g/mol. The van der Waals surface area contributed by atoms with Crippen molar-refractivity contribution in [1.29, 1.82) is 0 Å². The van der Waals surface area contributed by atoms with Crippen LogP contribution in [0.1, 0.15) is 24.3 Å². The third kappa shape index (κ3) is 1.44. The van der Waals surface area contributed by atoms with Gasteiger partial charge in [-0.2, -0.15) is 0 Å². The molecule has 0 heterocycles. The topological polar surface area (TPSA) is 20.2 Å². The summed E-state index contributed by atoms with van der Waals surface area (Å²) < 4.78 is 25.3. The van der Waals surface area contributed by atoms with Gasteiger partial charge in [0.05, 0.1) is 6.10 Å². The van der Waals surface area contributed by atoms with Crippen molar-refractivity contribution in [3.05, 3.63) is 35.4 Å². The molecule has 2 atom stereocenters. The molecule has 3 heteroatoms. The Morgan fingerprint density at radius 3 is 2.38 bits per heavy atom. The average molecular weight is 184 g/mol. The van der Waals surface area contributed by atoms with E-state index in [0.29, 0.717) is 5.56 Å². The van der Waals surface area contributed by atoms with Gasteiger partial charge in [0.1, 0.15) is 0 Å². The van der Waals surface area contributed by atoms with Gasteiger partial charge in [-0.25, -0.2) is 8.78 Å². The van der Waals surface area contributed by atoms with Crippen LogP contribution in [-0.2, 0) is 0 Å². The third-order valence-corrected chi connectivity index (χ3v) is 2.61. The molecule has 1 nitrogen and oxygen atoms in total. The van der Waals surface area contributed by atoms with Gasteiger partial charge in [0.25, 0.3) is 0 Å². The van der Waals surface area contributed by atoms with Gasteiger partial charge < -0.3 is 5.11 Å². The van der Waals surface area contributed by atoms with E-state index in [0.717, 1.165) is 18.9 Å². The largest absolute Gasteiger partial charge is 0.392 e. The van der Waals surface area contributed by atoms with E-state index in [1.165, 1.54) is 12.1 Å². The van der Waals surface area contributed by atoms with Crippen LogP contribution >= 0.6 is 0 Å². The second-order valence-electron chi connectivity index (χ2n) is 3.42. The minimum Gasteiger partial charge on any atom is -0.392 e.